The Morgan fingerprint density at radius 1 is 1.40 bits per heavy atom. The molecule has 0 aliphatic heterocycles. The Morgan fingerprint density at radius 2 is 2.10 bits per heavy atom. The van der Waals surface area contributed by atoms with Gasteiger partial charge < -0.3 is 0 Å². The van der Waals surface area contributed by atoms with E-state index in [-0.39, 0.29) is 17.4 Å². The van der Waals surface area contributed by atoms with E-state index in [1.807, 2.05) is 0 Å². The fraction of sp³-hybridized carbons (Fsp3) is 0.333. The van der Waals surface area contributed by atoms with Crippen LogP contribution < -0.4 is 5.69 Å². The van der Waals surface area contributed by atoms with Crippen LogP contribution in [0.5, 0.6) is 0 Å². The SMILES string of the molecule is O=c1[nH]nc(SCc2ccc([N+](=O)[O-])cc2)n1C1CC1. The third-order valence-corrected chi connectivity index (χ3v) is 4.12. The number of thioether (sulfide) groups is 1. The van der Waals surface area contributed by atoms with Crippen LogP contribution in [0.2, 0.25) is 0 Å². The highest BCUT2D eigenvalue weighted by Gasteiger charge is 2.28. The zero-order valence-electron chi connectivity index (χ0n) is 10.5. The maximum atomic E-state index is 11.6. The van der Waals surface area contributed by atoms with Crippen molar-refractivity contribution >= 4 is 17.4 Å². The summed E-state index contributed by atoms with van der Waals surface area (Å²) in [7, 11) is 0. The van der Waals surface area contributed by atoms with Crippen molar-refractivity contribution in [3.05, 3.63) is 50.4 Å². The number of aromatic nitrogens is 3. The van der Waals surface area contributed by atoms with Crippen LogP contribution in [0.15, 0.2) is 34.2 Å². The van der Waals surface area contributed by atoms with Gasteiger partial charge in [-0.15, -0.1) is 5.10 Å². The molecule has 3 rings (SSSR count). The van der Waals surface area contributed by atoms with Gasteiger partial charge in [0.05, 0.1) is 4.92 Å². The smallest absolute Gasteiger partial charge is 0.267 e. The number of hydrogen-bond donors (Lipinski definition) is 1. The van der Waals surface area contributed by atoms with Gasteiger partial charge in [0.25, 0.3) is 5.69 Å². The summed E-state index contributed by atoms with van der Waals surface area (Å²) in [5.41, 5.74) is 0.866. The lowest BCUT2D eigenvalue weighted by molar-refractivity contribution is -0.384. The molecule has 1 N–H and O–H groups in total. The van der Waals surface area contributed by atoms with Crippen LogP contribution >= 0.6 is 11.8 Å². The van der Waals surface area contributed by atoms with Gasteiger partial charge >= 0.3 is 5.69 Å². The lowest BCUT2D eigenvalue weighted by Crippen LogP contribution is -2.16. The lowest BCUT2D eigenvalue weighted by atomic mass is 10.2. The molecule has 0 bridgehead atoms. The van der Waals surface area contributed by atoms with E-state index in [1.165, 1.54) is 23.9 Å². The van der Waals surface area contributed by atoms with Gasteiger partial charge in [-0.25, -0.2) is 9.89 Å². The number of nitro benzene ring substituents is 1. The highest BCUT2D eigenvalue weighted by Crippen LogP contribution is 2.36. The van der Waals surface area contributed by atoms with Crippen LogP contribution in [0.3, 0.4) is 0 Å². The van der Waals surface area contributed by atoms with Crippen molar-refractivity contribution < 1.29 is 4.92 Å². The molecule has 0 saturated heterocycles. The molecule has 1 aromatic heterocycles. The van der Waals surface area contributed by atoms with E-state index in [0.717, 1.165) is 18.4 Å². The van der Waals surface area contributed by atoms with Crippen LogP contribution in [-0.2, 0) is 5.75 Å². The minimum absolute atomic E-state index is 0.0772. The van der Waals surface area contributed by atoms with E-state index in [2.05, 4.69) is 10.2 Å². The Bertz CT molecular complexity index is 687. The highest BCUT2D eigenvalue weighted by atomic mass is 32.2. The second kappa shape index (κ2) is 5.12. The van der Waals surface area contributed by atoms with Gasteiger partial charge in [0.15, 0.2) is 5.16 Å². The number of rotatable bonds is 5. The van der Waals surface area contributed by atoms with E-state index in [1.54, 1.807) is 16.7 Å². The van der Waals surface area contributed by atoms with Crippen molar-refractivity contribution in [1.29, 1.82) is 0 Å². The largest absolute Gasteiger partial charge is 0.344 e. The average Bonchev–Trinajstić information content (AvgIpc) is 3.21. The van der Waals surface area contributed by atoms with Crippen molar-refractivity contribution in [1.82, 2.24) is 14.8 Å². The first kappa shape index (κ1) is 12.9. The zero-order chi connectivity index (χ0) is 14.1. The summed E-state index contributed by atoms with van der Waals surface area (Å²) in [6, 6.07) is 6.68. The number of H-pyrrole nitrogens is 1. The number of hydrogen-bond acceptors (Lipinski definition) is 5. The lowest BCUT2D eigenvalue weighted by Gasteiger charge is -2.03. The van der Waals surface area contributed by atoms with Gasteiger partial charge in [-0.1, -0.05) is 23.9 Å². The molecule has 2 aromatic rings. The van der Waals surface area contributed by atoms with E-state index in [4.69, 9.17) is 0 Å². The Morgan fingerprint density at radius 3 is 2.70 bits per heavy atom. The van der Waals surface area contributed by atoms with Gasteiger partial charge in [-0.05, 0) is 18.4 Å². The maximum Gasteiger partial charge on any atom is 0.344 e. The number of nitrogens with zero attached hydrogens (tertiary/aromatic N) is 3. The van der Waals surface area contributed by atoms with Crippen molar-refractivity contribution in [2.75, 3.05) is 0 Å². The molecule has 8 heteroatoms. The summed E-state index contributed by atoms with van der Waals surface area (Å²) in [4.78, 5) is 21.8. The molecule has 0 amide bonds. The summed E-state index contributed by atoms with van der Waals surface area (Å²) in [6.07, 6.45) is 2.04. The van der Waals surface area contributed by atoms with E-state index in [9.17, 15) is 14.9 Å². The first-order valence-corrected chi connectivity index (χ1v) is 7.17. The molecule has 1 fully saturated rings. The molecule has 1 aromatic carbocycles. The van der Waals surface area contributed by atoms with Crippen molar-refractivity contribution in [2.24, 2.45) is 0 Å². The summed E-state index contributed by atoms with van der Waals surface area (Å²) in [5.74, 6) is 0.620. The van der Waals surface area contributed by atoms with Crippen molar-refractivity contribution in [3.63, 3.8) is 0 Å². The first-order chi connectivity index (χ1) is 9.65. The molecule has 7 nitrogen and oxygen atoms in total. The number of non-ortho nitro benzene ring substituents is 1. The second-order valence-electron chi connectivity index (χ2n) is 4.62. The fourth-order valence-corrected chi connectivity index (χ4v) is 2.88. The number of nitro groups is 1. The third kappa shape index (κ3) is 2.60. The monoisotopic (exact) mass is 292 g/mol. The van der Waals surface area contributed by atoms with Crippen molar-refractivity contribution in [3.8, 4) is 0 Å². The summed E-state index contributed by atoms with van der Waals surface area (Å²) in [6.45, 7) is 0. The van der Waals surface area contributed by atoms with Crippen molar-refractivity contribution in [2.45, 2.75) is 29.8 Å². The molecule has 0 unspecified atom stereocenters. The third-order valence-electron chi connectivity index (χ3n) is 3.10. The molecular weight excluding hydrogens is 280 g/mol. The Kier molecular flexibility index (Phi) is 3.31. The maximum absolute atomic E-state index is 11.6. The normalized spacial score (nSPS) is 14.4. The number of nitrogens with one attached hydrogen (secondary N) is 1. The van der Waals surface area contributed by atoms with Crippen LogP contribution in [0.4, 0.5) is 5.69 Å². The number of benzene rings is 1. The van der Waals surface area contributed by atoms with E-state index in [0.29, 0.717) is 10.9 Å². The minimum Gasteiger partial charge on any atom is -0.267 e. The standard InChI is InChI=1S/C12H12N4O3S/c17-11-13-14-12(15(11)9-5-6-9)20-7-8-1-3-10(4-2-8)16(18)19/h1-4,9H,5-7H2,(H,13,17). The van der Waals surface area contributed by atoms with Gasteiger partial charge in [-0.2, -0.15) is 0 Å². The molecule has 1 aliphatic rings. The summed E-state index contributed by atoms with van der Waals surface area (Å²) < 4.78 is 1.69. The van der Waals surface area contributed by atoms with E-state index < -0.39 is 4.92 Å². The molecule has 0 atom stereocenters. The zero-order valence-corrected chi connectivity index (χ0v) is 11.3. The van der Waals surface area contributed by atoms with Crippen LogP contribution in [0, 0.1) is 10.1 Å². The van der Waals surface area contributed by atoms with Crippen LogP contribution in [0.25, 0.3) is 0 Å². The molecule has 1 saturated carbocycles. The van der Waals surface area contributed by atoms with Crippen LogP contribution in [0.1, 0.15) is 24.4 Å². The Labute approximate surface area is 118 Å². The van der Waals surface area contributed by atoms with Crippen LogP contribution in [-0.4, -0.2) is 19.7 Å². The minimum atomic E-state index is -0.421. The molecule has 0 radical (unpaired) electrons. The quantitative estimate of drug-likeness (QED) is 0.517. The fourth-order valence-electron chi connectivity index (χ4n) is 1.91. The molecule has 0 spiro atoms. The second-order valence-corrected chi connectivity index (χ2v) is 5.57. The van der Waals surface area contributed by atoms with E-state index >= 15 is 0 Å². The Hall–Kier alpha value is -2.09. The molecule has 104 valence electrons. The molecule has 1 aliphatic carbocycles. The predicted molar refractivity (Wildman–Crippen MR) is 73.8 cm³/mol. The Balaban J connectivity index is 1.70. The molecule has 20 heavy (non-hydrogen) atoms. The first-order valence-electron chi connectivity index (χ1n) is 6.18. The van der Waals surface area contributed by atoms with Gasteiger partial charge in [0.2, 0.25) is 0 Å². The predicted octanol–water partition coefficient (Wildman–Crippen LogP) is 2.11. The van der Waals surface area contributed by atoms with Gasteiger partial charge in [-0.3, -0.25) is 14.7 Å². The molecule has 1 heterocycles. The topological polar surface area (TPSA) is 93.8 Å². The number of aromatic amines is 1. The average molecular weight is 292 g/mol. The highest BCUT2D eigenvalue weighted by molar-refractivity contribution is 7.98. The summed E-state index contributed by atoms with van der Waals surface area (Å²) in [5, 5.41) is 17.7. The molecular formula is C12H12N4O3S. The van der Waals surface area contributed by atoms with Gasteiger partial charge in [0, 0.05) is 23.9 Å². The van der Waals surface area contributed by atoms with Gasteiger partial charge in [0.1, 0.15) is 0 Å². The summed E-state index contributed by atoms with van der Waals surface area (Å²) >= 11 is 1.45.